The van der Waals surface area contributed by atoms with Crippen LogP contribution in [0.2, 0.25) is 0 Å². The summed E-state index contributed by atoms with van der Waals surface area (Å²) < 4.78 is 11.0. The summed E-state index contributed by atoms with van der Waals surface area (Å²) in [6.07, 6.45) is -0.559. The summed E-state index contributed by atoms with van der Waals surface area (Å²) in [6, 6.07) is 7.38. The molecule has 3 N–H and O–H groups in total. The first kappa shape index (κ1) is 12.8. The highest BCUT2D eigenvalue weighted by molar-refractivity contribution is 5.39. The van der Waals surface area contributed by atoms with Gasteiger partial charge in [0.2, 0.25) is 0 Å². The Balaban J connectivity index is 2.63. The van der Waals surface area contributed by atoms with Crippen molar-refractivity contribution in [1.29, 1.82) is 0 Å². The first-order valence-corrected chi connectivity index (χ1v) is 5.40. The monoisotopic (exact) mass is 225 g/mol. The number of para-hydroxylation sites is 2. The van der Waals surface area contributed by atoms with E-state index in [9.17, 15) is 5.11 Å². The zero-order valence-corrected chi connectivity index (χ0v) is 9.72. The van der Waals surface area contributed by atoms with E-state index in [4.69, 9.17) is 15.2 Å². The van der Waals surface area contributed by atoms with Crippen molar-refractivity contribution in [2.45, 2.75) is 26.1 Å². The Labute approximate surface area is 96.0 Å². The lowest BCUT2D eigenvalue weighted by molar-refractivity contribution is 0.110. The maximum absolute atomic E-state index is 9.30. The quantitative estimate of drug-likeness (QED) is 0.763. The van der Waals surface area contributed by atoms with Gasteiger partial charge in [-0.1, -0.05) is 12.1 Å². The molecule has 0 amide bonds. The molecule has 1 rings (SSSR count). The van der Waals surface area contributed by atoms with Gasteiger partial charge < -0.3 is 20.3 Å². The molecule has 0 saturated carbocycles. The van der Waals surface area contributed by atoms with Crippen LogP contribution in [0.3, 0.4) is 0 Å². The summed E-state index contributed by atoms with van der Waals surface area (Å²) in [6.45, 7) is 4.26. The summed E-state index contributed by atoms with van der Waals surface area (Å²) in [5.41, 5.74) is 5.29. The number of hydrogen-bond acceptors (Lipinski definition) is 4. The Hall–Kier alpha value is -1.26. The average Bonchev–Trinajstić information content (AvgIpc) is 2.26. The van der Waals surface area contributed by atoms with Gasteiger partial charge in [-0.25, -0.2) is 0 Å². The largest absolute Gasteiger partial charge is 0.487 e. The Morgan fingerprint density at radius 1 is 1.25 bits per heavy atom. The fraction of sp³-hybridized carbons (Fsp3) is 0.500. The van der Waals surface area contributed by atoms with E-state index < -0.39 is 6.10 Å². The number of aliphatic hydroxyl groups excluding tert-OH is 1. The molecule has 1 aromatic rings. The minimum atomic E-state index is -0.646. The van der Waals surface area contributed by atoms with Gasteiger partial charge in [0.15, 0.2) is 11.5 Å². The molecule has 0 aliphatic rings. The molecule has 0 aliphatic heterocycles. The maximum atomic E-state index is 9.30. The van der Waals surface area contributed by atoms with Gasteiger partial charge in [0.25, 0.3) is 0 Å². The lowest BCUT2D eigenvalue weighted by Gasteiger charge is -2.16. The van der Waals surface area contributed by atoms with Crippen LogP contribution in [0.1, 0.15) is 13.8 Å². The zero-order valence-electron chi connectivity index (χ0n) is 9.72. The molecular weight excluding hydrogens is 206 g/mol. The fourth-order valence-corrected chi connectivity index (χ4v) is 1.17. The molecular formula is C12H19NO3. The second-order valence-electron chi connectivity index (χ2n) is 3.81. The molecule has 90 valence electrons. The number of benzene rings is 1. The molecule has 0 radical (unpaired) electrons. The lowest BCUT2D eigenvalue weighted by Crippen LogP contribution is -2.26. The summed E-state index contributed by atoms with van der Waals surface area (Å²) in [4.78, 5) is 0. The van der Waals surface area contributed by atoms with E-state index in [2.05, 4.69) is 0 Å². The number of nitrogens with two attached hydrogens (primary N) is 1. The van der Waals surface area contributed by atoms with E-state index in [0.29, 0.717) is 11.5 Å². The molecule has 1 aromatic carbocycles. The van der Waals surface area contributed by atoms with Gasteiger partial charge in [0.05, 0.1) is 6.10 Å². The van der Waals surface area contributed by atoms with Crippen LogP contribution in [0.5, 0.6) is 11.5 Å². The summed E-state index contributed by atoms with van der Waals surface area (Å²) in [5, 5.41) is 9.30. The second-order valence-corrected chi connectivity index (χ2v) is 3.81. The van der Waals surface area contributed by atoms with Crippen LogP contribution < -0.4 is 15.2 Å². The van der Waals surface area contributed by atoms with Gasteiger partial charge in [-0.05, 0) is 26.0 Å². The third kappa shape index (κ3) is 4.08. The Morgan fingerprint density at radius 2 is 1.88 bits per heavy atom. The van der Waals surface area contributed by atoms with Gasteiger partial charge in [-0.2, -0.15) is 0 Å². The third-order valence-electron chi connectivity index (χ3n) is 1.92. The van der Waals surface area contributed by atoms with Gasteiger partial charge in [0, 0.05) is 6.54 Å². The predicted octanol–water partition coefficient (Wildman–Crippen LogP) is 1.17. The minimum absolute atomic E-state index is 0.0872. The van der Waals surface area contributed by atoms with Crippen LogP contribution in [0.15, 0.2) is 24.3 Å². The van der Waals surface area contributed by atoms with E-state index in [0.717, 1.165) is 0 Å². The molecule has 0 bridgehead atoms. The van der Waals surface area contributed by atoms with Crippen LogP contribution in [-0.2, 0) is 0 Å². The minimum Gasteiger partial charge on any atom is -0.487 e. The van der Waals surface area contributed by atoms with Gasteiger partial charge in [-0.3, -0.25) is 0 Å². The molecule has 0 aromatic heterocycles. The third-order valence-corrected chi connectivity index (χ3v) is 1.92. The van der Waals surface area contributed by atoms with Crippen molar-refractivity contribution in [3.05, 3.63) is 24.3 Å². The second kappa shape index (κ2) is 6.35. The van der Waals surface area contributed by atoms with E-state index in [-0.39, 0.29) is 19.3 Å². The molecule has 16 heavy (non-hydrogen) atoms. The maximum Gasteiger partial charge on any atom is 0.161 e. The van der Waals surface area contributed by atoms with Crippen LogP contribution in [-0.4, -0.2) is 30.5 Å². The highest BCUT2D eigenvalue weighted by Crippen LogP contribution is 2.27. The predicted molar refractivity (Wildman–Crippen MR) is 62.8 cm³/mol. The standard InChI is InChI=1S/C12H19NO3/c1-9(2)16-12-6-4-3-5-11(12)15-8-10(14)7-13/h3-6,9-10,14H,7-8,13H2,1-2H3. The molecule has 0 saturated heterocycles. The van der Waals surface area contributed by atoms with Crippen LogP contribution in [0.4, 0.5) is 0 Å². The first-order chi connectivity index (χ1) is 7.63. The fourth-order valence-electron chi connectivity index (χ4n) is 1.17. The van der Waals surface area contributed by atoms with Crippen LogP contribution >= 0.6 is 0 Å². The molecule has 1 unspecified atom stereocenters. The van der Waals surface area contributed by atoms with Crippen molar-refractivity contribution in [2.24, 2.45) is 5.73 Å². The molecule has 0 heterocycles. The SMILES string of the molecule is CC(C)Oc1ccccc1OCC(O)CN. The lowest BCUT2D eigenvalue weighted by atomic mass is 10.3. The summed E-state index contributed by atoms with van der Waals surface area (Å²) in [5.74, 6) is 1.31. The van der Waals surface area contributed by atoms with Crippen molar-refractivity contribution in [2.75, 3.05) is 13.2 Å². The van der Waals surface area contributed by atoms with Crippen molar-refractivity contribution in [3.8, 4) is 11.5 Å². The van der Waals surface area contributed by atoms with Gasteiger partial charge in [0.1, 0.15) is 12.7 Å². The van der Waals surface area contributed by atoms with Crippen LogP contribution in [0, 0.1) is 0 Å². The van der Waals surface area contributed by atoms with E-state index in [1.807, 2.05) is 32.0 Å². The molecule has 4 heteroatoms. The Kier molecular flexibility index (Phi) is 5.08. The van der Waals surface area contributed by atoms with Crippen LogP contribution in [0.25, 0.3) is 0 Å². The van der Waals surface area contributed by atoms with Gasteiger partial charge in [-0.15, -0.1) is 0 Å². The van der Waals surface area contributed by atoms with Crippen molar-refractivity contribution < 1.29 is 14.6 Å². The molecule has 0 fully saturated rings. The topological polar surface area (TPSA) is 64.7 Å². The molecule has 1 atom stereocenters. The summed E-state index contributed by atoms with van der Waals surface area (Å²) in [7, 11) is 0. The van der Waals surface area contributed by atoms with Crippen molar-refractivity contribution in [3.63, 3.8) is 0 Å². The number of hydrogen-bond donors (Lipinski definition) is 2. The number of rotatable bonds is 6. The highest BCUT2D eigenvalue weighted by Gasteiger charge is 2.08. The molecule has 0 spiro atoms. The smallest absolute Gasteiger partial charge is 0.161 e. The summed E-state index contributed by atoms with van der Waals surface area (Å²) >= 11 is 0. The first-order valence-electron chi connectivity index (χ1n) is 5.40. The Bertz CT molecular complexity index is 315. The van der Waals surface area contributed by atoms with E-state index >= 15 is 0 Å². The average molecular weight is 225 g/mol. The number of aliphatic hydroxyl groups is 1. The zero-order chi connectivity index (χ0) is 12.0. The van der Waals surface area contributed by atoms with Crippen molar-refractivity contribution in [1.82, 2.24) is 0 Å². The van der Waals surface area contributed by atoms with Gasteiger partial charge >= 0.3 is 0 Å². The molecule has 0 aliphatic carbocycles. The number of ether oxygens (including phenoxy) is 2. The highest BCUT2D eigenvalue weighted by atomic mass is 16.5. The van der Waals surface area contributed by atoms with E-state index in [1.165, 1.54) is 0 Å². The normalized spacial score (nSPS) is 12.6. The Morgan fingerprint density at radius 3 is 2.44 bits per heavy atom. The molecule has 4 nitrogen and oxygen atoms in total. The van der Waals surface area contributed by atoms with Crippen molar-refractivity contribution >= 4 is 0 Å². The van der Waals surface area contributed by atoms with E-state index in [1.54, 1.807) is 6.07 Å².